The number of carbonyl (C=O) groups is 2. The van der Waals surface area contributed by atoms with Crippen molar-refractivity contribution in [2.24, 2.45) is 5.73 Å². The van der Waals surface area contributed by atoms with Crippen LogP contribution in [0.5, 0.6) is 0 Å². The number of hydrogen-bond acceptors (Lipinski definition) is 5. The number of thioether (sulfide) groups is 1. The molecule has 24 heavy (non-hydrogen) atoms. The second-order valence-corrected chi connectivity index (χ2v) is 6.30. The molecule has 0 radical (unpaired) electrons. The van der Waals surface area contributed by atoms with Crippen molar-refractivity contribution in [3.8, 4) is 0 Å². The largest absolute Gasteiger partial charge is 0.346 e. The van der Waals surface area contributed by atoms with Crippen LogP contribution < -0.4 is 16.4 Å². The maximum absolute atomic E-state index is 11.9. The van der Waals surface area contributed by atoms with E-state index in [1.165, 1.54) is 0 Å². The lowest BCUT2D eigenvalue weighted by Crippen LogP contribution is -2.37. The van der Waals surface area contributed by atoms with E-state index >= 15 is 0 Å². The fourth-order valence-corrected chi connectivity index (χ4v) is 3.20. The van der Waals surface area contributed by atoms with Crippen LogP contribution in [0.2, 0.25) is 0 Å². The Morgan fingerprint density at radius 3 is 2.46 bits per heavy atom. The minimum Gasteiger partial charge on any atom is -0.346 e. The van der Waals surface area contributed by atoms with E-state index in [4.69, 9.17) is 5.73 Å². The van der Waals surface area contributed by atoms with Gasteiger partial charge in [-0.25, -0.2) is 0 Å². The number of carbonyl (C=O) groups excluding carboxylic acids is 2. The van der Waals surface area contributed by atoms with Gasteiger partial charge in [-0.3, -0.25) is 14.5 Å². The minimum absolute atomic E-state index is 0. The summed E-state index contributed by atoms with van der Waals surface area (Å²) in [6, 6.07) is 7.77. The molecule has 0 bridgehead atoms. The predicted molar refractivity (Wildman–Crippen MR) is 104 cm³/mol. The molecular formula is C15H24Cl2N4O2S. The van der Waals surface area contributed by atoms with E-state index in [2.05, 4.69) is 15.5 Å². The Morgan fingerprint density at radius 2 is 1.79 bits per heavy atom. The SMILES string of the molecule is Cl.Cl.NCC(=O)NCC(=O)Nc1ccccc1CN1CCSCC1. The van der Waals surface area contributed by atoms with Crippen LogP contribution in [-0.2, 0) is 16.1 Å². The highest BCUT2D eigenvalue weighted by Gasteiger charge is 2.13. The molecule has 1 aliphatic heterocycles. The van der Waals surface area contributed by atoms with Crippen LogP contribution in [-0.4, -0.2) is 54.4 Å². The standard InChI is InChI=1S/C15H22N4O2S.2ClH/c16-9-14(20)17-10-15(21)18-13-4-2-1-3-12(13)11-19-5-7-22-8-6-19;;/h1-4H,5-11,16H2,(H,17,20)(H,18,21);2*1H. The van der Waals surface area contributed by atoms with Crippen molar-refractivity contribution in [2.45, 2.75) is 6.54 Å². The third-order valence-corrected chi connectivity index (χ3v) is 4.36. The third-order valence-electron chi connectivity index (χ3n) is 3.42. The number of para-hydroxylation sites is 1. The van der Waals surface area contributed by atoms with E-state index in [-0.39, 0.29) is 49.7 Å². The second-order valence-electron chi connectivity index (χ2n) is 5.07. The number of nitrogens with two attached hydrogens (primary N) is 1. The van der Waals surface area contributed by atoms with Crippen molar-refractivity contribution in [1.82, 2.24) is 10.2 Å². The molecule has 1 heterocycles. The first kappa shape index (κ1) is 23.0. The molecule has 1 aromatic carbocycles. The zero-order chi connectivity index (χ0) is 15.8. The van der Waals surface area contributed by atoms with Crippen LogP contribution in [0.25, 0.3) is 0 Å². The molecule has 2 rings (SSSR count). The van der Waals surface area contributed by atoms with Crippen LogP contribution in [0.4, 0.5) is 5.69 Å². The molecule has 4 N–H and O–H groups in total. The Balaban J connectivity index is 0.00000264. The van der Waals surface area contributed by atoms with Crippen LogP contribution >= 0.6 is 36.6 Å². The fraction of sp³-hybridized carbons (Fsp3) is 0.467. The van der Waals surface area contributed by atoms with Crippen LogP contribution in [0.15, 0.2) is 24.3 Å². The first-order valence-electron chi connectivity index (χ1n) is 7.33. The second kappa shape index (κ2) is 12.4. The van der Waals surface area contributed by atoms with Gasteiger partial charge in [-0.05, 0) is 11.6 Å². The van der Waals surface area contributed by atoms with E-state index in [0.717, 1.165) is 42.4 Å². The number of halogens is 2. The Bertz CT molecular complexity index is 528. The summed E-state index contributed by atoms with van der Waals surface area (Å²) in [5, 5.41) is 5.32. The topological polar surface area (TPSA) is 87.5 Å². The molecule has 0 aromatic heterocycles. The molecule has 1 fully saturated rings. The summed E-state index contributed by atoms with van der Waals surface area (Å²) in [6.45, 7) is 2.78. The van der Waals surface area contributed by atoms with Gasteiger partial charge in [-0.2, -0.15) is 11.8 Å². The van der Waals surface area contributed by atoms with E-state index in [0.29, 0.717) is 0 Å². The van der Waals surface area contributed by atoms with Crippen molar-refractivity contribution < 1.29 is 9.59 Å². The van der Waals surface area contributed by atoms with Gasteiger partial charge in [0.1, 0.15) is 0 Å². The molecule has 1 saturated heterocycles. The van der Waals surface area contributed by atoms with Crippen molar-refractivity contribution in [1.29, 1.82) is 0 Å². The molecule has 0 aliphatic carbocycles. The summed E-state index contributed by atoms with van der Waals surface area (Å²) in [4.78, 5) is 25.4. The number of amides is 2. The van der Waals surface area contributed by atoms with Gasteiger partial charge in [0, 0.05) is 36.8 Å². The lowest BCUT2D eigenvalue weighted by molar-refractivity contribution is -0.123. The molecule has 136 valence electrons. The van der Waals surface area contributed by atoms with Crippen LogP contribution in [0.1, 0.15) is 5.56 Å². The highest BCUT2D eigenvalue weighted by atomic mass is 35.5. The molecule has 1 aromatic rings. The maximum atomic E-state index is 11.9. The van der Waals surface area contributed by atoms with Crippen molar-refractivity contribution in [3.63, 3.8) is 0 Å². The Morgan fingerprint density at radius 1 is 1.12 bits per heavy atom. The average molecular weight is 395 g/mol. The molecule has 0 atom stereocenters. The summed E-state index contributed by atoms with van der Waals surface area (Å²) in [5.74, 6) is 1.72. The van der Waals surface area contributed by atoms with Gasteiger partial charge in [0.05, 0.1) is 13.1 Å². The fourth-order valence-electron chi connectivity index (χ4n) is 2.23. The summed E-state index contributed by atoms with van der Waals surface area (Å²) >= 11 is 1.97. The van der Waals surface area contributed by atoms with Crippen LogP contribution in [0, 0.1) is 0 Å². The van der Waals surface area contributed by atoms with Gasteiger partial charge in [-0.15, -0.1) is 24.8 Å². The smallest absolute Gasteiger partial charge is 0.243 e. The first-order chi connectivity index (χ1) is 10.7. The molecule has 6 nitrogen and oxygen atoms in total. The van der Waals surface area contributed by atoms with Crippen molar-refractivity contribution in [3.05, 3.63) is 29.8 Å². The number of nitrogens with one attached hydrogen (secondary N) is 2. The van der Waals surface area contributed by atoms with Gasteiger partial charge < -0.3 is 16.4 Å². The summed E-state index contributed by atoms with van der Waals surface area (Å²) < 4.78 is 0. The van der Waals surface area contributed by atoms with E-state index in [9.17, 15) is 9.59 Å². The lowest BCUT2D eigenvalue weighted by Gasteiger charge is -2.27. The molecule has 2 amide bonds. The third kappa shape index (κ3) is 7.72. The Hall–Kier alpha value is -0.990. The molecule has 1 aliphatic rings. The lowest BCUT2D eigenvalue weighted by atomic mass is 10.1. The molecular weight excluding hydrogens is 371 g/mol. The molecule has 9 heteroatoms. The number of nitrogens with zero attached hydrogens (tertiary/aromatic N) is 1. The highest BCUT2D eigenvalue weighted by molar-refractivity contribution is 7.99. The number of anilines is 1. The summed E-state index contributed by atoms with van der Waals surface area (Å²) in [6.07, 6.45) is 0. The molecule has 0 saturated carbocycles. The number of rotatable bonds is 6. The molecule has 0 unspecified atom stereocenters. The van der Waals surface area contributed by atoms with Crippen LogP contribution in [0.3, 0.4) is 0 Å². The predicted octanol–water partition coefficient (Wildman–Crippen LogP) is 1.09. The monoisotopic (exact) mass is 394 g/mol. The quantitative estimate of drug-likeness (QED) is 0.671. The number of benzene rings is 1. The van der Waals surface area contributed by atoms with Gasteiger partial charge in [0.2, 0.25) is 11.8 Å². The zero-order valence-corrected chi connectivity index (χ0v) is 15.8. The maximum Gasteiger partial charge on any atom is 0.243 e. The first-order valence-corrected chi connectivity index (χ1v) is 8.49. The van der Waals surface area contributed by atoms with E-state index in [1.54, 1.807) is 0 Å². The highest BCUT2D eigenvalue weighted by Crippen LogP contribution is 2.19. The van der Waals surface area contributed by atoms with Crippen molar-refractivity contribution in [2.75, 3.05) is 43.0 Å². The Labute approximate surface area is 159 Å². The van der Waals surface area contributed by atoms with Gasteiger partial charge in [0.15, 0.2) is 0 Å². The van der Waals surface area contributed by atoms with E-state index in [1.807, 2.05) is 36.0 Å². The zero-order valence-electron chi connectivity index (χ0n) is 13.3. The van der Waals surface area contributed by atoms with Crippen molar-refractivity contribution >= 4 is 54.1 Å². The van der Waals surface area contributed by atoms with E-state index < -0.39 is 0 Å². The Kier molecular flexibility index (Phi) is 11.9. The summed E-state index contributed by atoms with van der Waals surface area (Å²) in [7, 11) is 0. The minimum atomic E-state index is -0.339. The van der Waals surface area contributed by atoms with Gasteiger partial charge >= 0.3 is 0 Å². The summed E-state index contributed by atoms with van der Waals surface area (Å²) in [5.41, 5.74) is 7.08. The molecule has 0 spiro atoms. The average Bonchev–Trinajstić information content (AvgIpc) is 2.55. The number of hydrogen-bond donors (Lipinski definition) is 3. The van der Waals surface area contributed by atoms with Gasteiger partial charge in [0.25, 0.3) is 0 Å². The van der Waals surface area contributed by atoms with Gasteiger partial charge in [-0.1, -0.05) is 18.2 Å². The normalized spacial score (nSPS) is 14.0.